The second-order valence-electron chi connectivity index (χ2n) is 2.81. The molecule has 0 aliphatic rings. The van der Waals surface area contributed by atoms with Gasteiger partial charge in [-0.3, -0.25) is 5.32 Å². The zero-order chi connectivity index (χ0) is 9.68. The molecular weight excluding hydrogens is 232 g/mol. The van der Waals surface area contributed by atoms with Gasteiger partial charge in [0.05, 0.1) is 6.54 Å². The molecule has 72 valence electrons. The molecular formula is C9H13BrN2O. The van der Waals surface area contributed by atoms with Crippen LogP contribution in [0.15, 0.2) is 22.8 Å². The molecule has 0 fully saturated rings. The van der Waals surface area contributed by atoms with Crippen LogP contribution in [0.4, 0.5) is 5.82 Å². The smallest absolute Gasteiger partial charge is 0.278 e. The Morgan fingerprint density at radius 1 is 1.54 bits per heavy atom. The summed E-state index contributed by atoms with van der Waals surface area (Å²) in [6.07, 6.45) is 2.20. The maximum Gasteiger partial charge on any atom is 0.278 e. The first kappa shape index (κ1) is 10.3. The summed E-state index contributed by atoms with van der Waals surface area (Å²) in [5.41, 5.74) is 0. The predicted molar refractivity (Wildman–Crippen MR) is 56.5 cm³/mol. The standard InChI is InChI=1S/C9H13BrN2O/c1-2-3-7-11-9-6-4-5-8(10)12(9)13/h4-6,11H,2-3,7H2,1H3. The van der Waals surface area contributed by atoms with Gasteiger partial charge >= 0.3 is 0 Å². The quantitative estimate of drug-likeness (QED) is 0.382. The normalized spacial score (nSPS) is 10.0. The first-order chi connectivity index (χ1) is 6.25. The molecule has 1 rings (SSSR count). The van der Waals surface area contributed by atoms with Crippen molar-refractivity contribution < 1.29 is 4.73 Å². The minimum Gasteiger partial charge on any atom is -0.710 e. The molecule has 0 atom stereocenters. The van der Waals surface area contributed by atoms with Crippen LogP contribution in [-0.4, -0.2) is 6.54 Å². The van der Waals surface area contributed by atoms with Crippen LogP contribution in [0.5, 0.6) is 0 Å². The Balaban J connectivity index is 2.61. The van der Waals surface area contributed by atoms with Crippen molar-refractivity contribution in [3.05, 3.63) is 28.0 Å². The van der Waals surface area contributed by atoms with Crippen LogP contribution in [0.2, 0.25) is 0 Å². The summed E-state index contributed by atoms with van der Waals surface area (Å²) < 4.78 is 1.38. The number of halogens is 1. The Morgan fingerprint density at radius 2 is 2.31 bits per heavy atom. The summed E-state index contributed by atoms with van der Waals surface area (Å²) in [6.45, 7) is 2.96. The third-order valence-electron chi connectivity index (χ3n) is 1.74. The van der Waals surface area contributed by atoms with Crippen molar-refractivity contribution in [2.45, 2.75) is 19.8 Å². The summed E-state index contributed by atoms with van der Waals surface area (Å²) in [4.78, 5) is 0. The van der Waals surface area contributed by atoms with Crippen LogP contribution >= 0.6 is 15.9 Å². The molecule has 1 aromatic rings. The molecule has 13 heavy (non-hydrogen) atoms. The van der Waals surface area contributed by atoms with E-state index in [1.165, 1.54) is 0 Å². The second kappa shape index (κ2) is 5.07. The summed E-state index contributed by atoms with van der Waals surface area (Å²) in [7, 11) is 0. The summed E-state index contributed by atoms with van der Waals surface area (Å²) >= 11 is 3.17. The highest BCUT2D eigenvalue weighted by Gasteiger charge is 2.03. The lowest BCUT2D eigenvalue weighted by atomic mass is 10.3. The highest BCUT2D eigenvalue weighted by molar-refractivity contribution is 9.10. The van der Waals surface area contributed by atoms with Crippen molar-refractivity contribution in [3.63, 3.8) is 0 Å². The van der Waals surface area contributed by atoms with E-state index in [0.717, 1.165) is 24.1 Å². The molecule has 0 aromatic carbocycles. The van der Waals surface area contributed by atoms with Crippen LogP contribution < -0.4 is 10.0 Å². The highest BCUT2D eigenvalue weighted by atomic mass is 79.9. The fourth-order valence-corrected chi connectivity index (χ4v) is 1.34. The number of hydrogen-bond acceptors (Lipinski definition) is 2. The number of hydrogen-bond donors (Lipinski definition) is 1. The van der Waals surface area contributed by atoms with E-state index in [1.54, 1.807) is 12.1 Å². The van der Waals surface area contributed by atoms with Crippen LogP contribution in [-0.2, 0) is 0 Å². The summed E-state index contributed by atoms with van der Waals surface area (Å²) in [5, 5.41) is 14.4. The van der Waals surface area contributed by atoms with Crippen molar-refractivity contribution in [3.8, 4) is 0 Å². The number of nitrogens with one attached hydrogen (secondary N) is 1. The summed E-state index contributed by atoms with van der Waals surface area (Å²) in [5.74, 6) is 0.600. The van der Waals surface area contributed by atoms with E-state index in [-0.39, 0.29) is 0 Å². The van der Waals surface area contributed by atoms with E-state index in [1.807, 2.05) is 6.07 Å². The fourth-order valence-electron chi connectivity index (χ4n) is 0.993. The minimum atomic E-state index is 0.536. The number of pyridine rings is 1. The summed E-state index contributed by atoms with van der Waals surface area (Å²) in [6, 6.07) is 5.33. The van der Waals surface area contributed by atoms with Crippen LogP contribution in [0, 0.1) is 5.21 Å². The maximum absolute atomic E-state index is 11.4. The van der Waals surface area contributed by atoms with Crippen LogP contribution in [0.1, 0.15) is 19.8 Å². The van der Waals surface area contributed by atoms with Crippen LogP contribution in [0.25, 0.3) is 0 Å². The van der Waals surface area contributed by atoms with Gasteiger partial charge in [-0.15, -0.1) is 0 Å². The van der Waals surface area contributed by atoms with Gasteiger partial charge in [0, 0.05) is 6.07 Å². The molecule has 0 amide bonds. The van der Waals surface area contributed by atoms with Gasteiger partial charge in [-0.1, -0.05) is 13.3 Å². The first-order valence-electron chi connectivity index (χ1n) is 4.37. The number of aromatic nitrogens is 1. The van der Waals surface area contributed by atoms with Crippen LogP contribution in [0.3, 0.4) is 0 Å². The third-order valence-corrected chi connectivity index (χ3v) is 2.32. The predicted octanol–water partition coefficient (Wildman–Crippen LogP) is 2.29. The lowest BCUT2D eigenvalue weighted by Gasteiger charge is -2.09. The molecule has 1 heterocycles. The van der Waals surface area contributed by atoms with Gasteiger partial charge in [-0.25, -0.2) is 4.73 Å². The molecule has 0 radical (unpaired) electrons. The molecule has 0 saturated carbocycles. The molecule has 1 N–H and O–H groups in total. The van der Waals surface area contributed by atoms with Gasteiger partial charge in [-0.05, 0) is 34.5 Å². The second-order valence-corrected chi connectivity index (χ2v) is 3.62. The maximum atomic E-state index is 11.4. The Hall–Kier alpha value is -0.770. The van der Waals surface area contributed by atoms with E-state index in [9.17, 15) is 5.21 Å². The fraction of sp³-hybridized carbons (Fsp3) is 0.444. The lowest BCUT2D eigenvalue weighted by molar-refractivity contribution is -0.602. The van der Waals surface area contributed by atoms with Crippen molar-refractivity contribution in [1.82, 2.24) is 0 Å². The minimum absolute atomic E-state index is 0.536. The number of rotatable bonds is 4. The largest absolute Gasteiger partial charge is 0.710 e. The molecule has 0 unspecified atom stereocenters. The molecule has 0 spiro atoms. The van der Waals surface area contributed by atoms with E-state index >= 15 is 0 Å². The van der Waals surface area contributed by atoms with Gasteiger partial charge in [0.25, 0.3) is 5.82 Å². The average molecular weight is 245 g/mol. The molecule has 3 nitrogen and oxygen atoms in total. The Bertz CT molecular complexity index is 278. The lowest BCUT2D eigenvalue weighted by Crippen LogP contribution is -2.32. The van der Waals surface area contributed by atoms with E-state index < -0.39 is 0 Å². The van der Waals surface area contributed by atoms with Crippen molar-refractivity contribution in [2.75, 3.05) is 11.9 Å². The number of anilines is 1. The van der Waals surface area contributed by atoms with Gasteiger partial charge < -0.3 is 5.21 Å². The van der Waals surface area contributed by atoms with E-state index in [0.29, 0.717) is 10.4 Å². The molecule has 4 heteroatoms. The van der Waals surface area contributed by atoms with Crippen molar-refractivity contribution >= 4 is 21.7 Å². The first-order valence-corrected chi connectivity index (χ1v) is 5.17. The Labute approximate surface area is 86.5 Å². The zero-order valence-electron chi connectivity index (χ0n) is 7.59. The average Bonchev–Trinajstić information content (AvgIpc) is 2.13. The van der Waals surface area contributed by atoms with Gasteiger partial charge in [0.15, 0.2) is 4.60 Å². The van der Waals surface area contributed by atoms with Gasteiger partial charge in [0.1, 0.15) is 0 Å². The molecule has 0 aliphatic carbocycles. The highest BCUT2D eigenvalue weighted by Crippen LogP contribution is 2.07. The van der Waals surface area contributed by atoms with E-state index in [2.05, 4.69) is 28.2 Å². The zero-order valence-corrected chi connectivity index (χ0v) is 9.17. The SMILES string of the molecule is CCCCNc1cccc(Br)[n+]1[O-]. The monoisotopic (exact) mass is 244 g/mol. The van der Waals surface area contributed by atoms with Gasteiger partial charge in [0.2, 0.25) is 0 Å². The van der Waals surface area contributed by atoms with E-state index in [4.69, 9.17) is 0 Å². The third kappa shape index (κ3) is 2.88. The molecule has 0 bridgehead atoms. The number of nitrogens with zero attached hydrogens (tertiary/aromatic N) is 1. The molecule has 1 aromatic heterocycles. The van der Waals surface area contributed by atoms with Crippen molar-refractivity contribution in [2.24, 2.45) is 0 Å². The van der Waals surface area contributed by atoms with Crippen molar-refractivity contribution in [1.29, 1.82) is 0 Å². The molecule has 0 aliphatic heterocycles. The topological polar surface area (TPSA) is 39.0 Å². The van der Waals surface area contributed by atoms with Gasteiger partial charge in [-0.2, -0.15) is 0 Å². The molecule has 0 saturated heterocycles. The number of unbranched alkanes of at least 4 members (excludes halogenated alkanes) is 1. The Morgan fingerprint density at radius 3 is 3.00 bits per heavy atom. The Kier molecular flexibility index (Phi) is 4.02.